The highest BCUT2D eigenvalue weighted by Crippen LogP contribution is 2.39. The molecule has 0 spiro atoms. The molecule has 4 rings (SSSR count). The fourth-order valence-corrected chi connectivity index (χ4v) is 3.69. The lowest BCUT2D eigenvalue weighted by molar-refractivity contribution is 0.768. The molecule has 0 aliphatic carbocycles. The first kappa shape index (κ1) is 16.3. The zero-order chi connectivity index (χ0) is 18.1. The molecule has 0 fully saturated rings. The molecule has 4 heterocycles. The quantitative estimate of drug-likeness (QED) is 0.526. The summed E-state index contributed by atoms with van der Waals surface area (Å²) < 4.78 is 3.78. The molecule has 0 unspecified atom stereocenters. The molecule has 9 heteroatoms. The Morgan fingerprint density at radius 1 is 1.27 bits per heavy atom. The number of fused-ring (bicyclic) bond motifs is 1. The van der Waals surface area contributed by atoms with Gasteiger partial charge in [0.25, 0.3) is 0 Å². The van der Waals surface area contributed by atoms with Gasteiger partial charge in [-0.1, -0.05) is 11.3 Å². The van der Waals surface area contributed by atoms with E-state index in [0.717, 1.165) is 32.6 Å². The summed E-state index contributed by atoms with van der Waals surface area (Å²) in [6.45, 7) is 1.90. The molecule has 0 saturated carbocycles. The van der Waals surface area contributed by atoms with Crippen molar-refractivity contribution in [3.63, 3.8) is 0 Å². The molecule has 132 valence electrons. The van der Waals surface area contributed by atoms with Crippen LogP contribution in [0.25, 0.3) is 16.9 Å². The third-order valence-electron chi connectivity index (χ3n) is 3.90. The highest BCUT2D eigenvalue weighted by Gasteiger charge is 2.13. The molecule has 2 N–H and O–H groups in total. The Balaban J connectivity index is 1.73. The maximum Gasteiger partial charge on any atom is 0.180 e. The van der Waals surface area contributed by atoms with Gasteiger partial charge in [0, 0.05) is 44.5 Å². The number of nitrogens with zero attached hydrogens (tertiary/aromatic N) is 6. The second-order valence-corrected chi connectivity index (χ2v) is 6.64. The van der Waals surface area contributed by atoms with Gasteiger partial charge < -0.3 is 10.6 Å². The van der Waals surface area contributed by atoms with E-state index in [4.69, 9.17) is 0 Å². The lowest BCUT2D eigenvalue weighted by Gasteiger charge is -2.05. The normalized spacial score (nSPS) is 11.5. The van der Waals surface area contributed by atoms with Gasteiger partial charge in [-0.05, 0) is 13.0 Å². The molecule has 0 bridgehead atoms. The average Bonchev–Trinajstić information content (AvgIpc) is 3.34. The Morgan fingerprint density at radius 2 is 2.15 bits per heavy atom. The van der Waals surface area contributed by atoms with Gasteiger partial charge in [-0.2, -0.15) is 5.10 Å². The van der Waals surface area contributed by atoms with Gasteiger partial charge in [-0.3, -0.25) is 9.08 Å². The van der Waals surface area contributed by atoms with Gasteiger partial charge in [0.15, 0.2) is 11.5 Å². The zero-order valence-corrected chi connectivity index (χ0v) is 15.4. The number of nitrogens with one attached hydrogen (secondary N) is 2. The summed E-state index contributed by atoms with van der Waals surface area (Å²) in [6.07, 6.45) is 11.1. The largest absolute Gasteiger partial charge is 0.386 e. The summed E-state index contributed by atoms with van der Waals surface area (Å²) in [5.41, 5.74) is 3.70. The van der Waals surface area contributed by atoms with Gasteiger partial charge in [0.2, 0.25) is 0 Å². The van der Waals surface area contributed by atoms with Crippen LogP contribution < -0.4 is 10.6 Å². The van der Waals surface area contributed by atoms with Crippen LogP contribution in [0.1, 0.15) is 6.92 Å². The van der Waals surface area contributed by atoms with E-state index in [-0.39, 0.29) is 0 Å². The third kappa shape index (κ3) is 2.82. The van der Waals surface area contributed by atoms with Crippen molar-refractivity contribution < 1.29 is 0 Å². The van der Waals surface area contributed by atoms with E-state index in [9.17, 15) is 0 Å². The number of hydrogen-bond acceptors (Lipinski definition) is 7. The van der Waals surface area contributed by atoms with Crippen LogP contribution in [0.3, 0.4) is 0 Å². The summed E-state index contributed by atoms with van der Waals surface area (Å²) >= 11 is 1.56. The Morgan fingerprint density at radius 3 is 2.88 bits per heavy atom. The van der Waals surface area contributed by atoms with Crippen LogP contribution in [-0.2, 0) is 7.05 Å². The van der Waals surface area contributed by atoms with Gasteiger partial charge in [-0.15, -0.1) is 0 Å². The standard InChI is InChI=1S/C17H18N8S/c1-4-19-17-12(18-2)7-14(26-17)23-15-16-21-9-13(25(16)6-5-20-15)11-8-22-24(3)10-11/h4-10,18H,1-3H3,(H,20,23)/b19-4-. The highest BCUT2D eigenvalue weighted by atomic mass is 32.1. The van der Waals surface area contributed by atoms with Crippen LogP contribution in [0, 0.1) is 0 Å². The Kier molecular flexibility index (Phi) is 4.13. The summed E-state index contributed by atoms with van der Waals surface area (Å²) in [7, 11) is 3.78. The molecule has 0 atom stereocenters. The van der Waals surface area contributed by atoms with Crippen LogP contribution in [-0.4, -0.2) is 37.4 Å². The lowest BCUT2D eigenvalue weighted by Crippen LogP contribution is -1.97. The van der Waals surface area contributed by atoms with Crippen LogP contribution >= 0.6 is 11.3 Å². The van der Waals surface area contributed by atoms with Crippen molar-refractivity contribution in [2.24, 2.45) is 12.0 Å². The predicted octanol–water partition coefficient (Wildman–Crippen LogP) is 3.70. The van der Waals surface area contributed by atoms with E-state index in [1.165, 1.54) is 0 Å². The Labute approximate surface area is 154 Å². The Hall–Kier alpha value is -3.20. The van der Waals surface area contributed by atoms with Gasteiger partial charge >= 0.3 is 0 Å². The number of thiophene rings is 1. The summed E-state index contributed by atoms with van der Waals surface area (Å²) in [5, 5.41) is 12.6. The van der Waals surface area contributed by atoms with Crippen molar-refractivity contribution in [2.45, 2.75) is 6.92 Å². The summed E-state index contributed by atoms with van der Waals surface area (Å²) in [4.78, 5) is 13.4. The summed E-state index contributed by atoms with van der Waals surface area (Å²) in [5.74, 6) is 0.693. The number of anilines is 3. The van der Waals surface area contributed by atoms with E-state index in [1.54, 1.807) is 28.4 Å². The number of aliphatic imine (C=N–C) groups is 1. The van der Waals surface area contributed by atoms with E-state index in [1.807, 2.05) is 56.3 Å². The van der Waals surface area contributed by atoms with Gasteiger partial charge in [0.1, 0.15) is 5.00 Å². The number of rotatable bonds is 5. The Bertz CT molecular complexity index is 1090. The SMILES string of the molecule is C/C=N\c1sc(Nc2nccn3c(-c4cnn(C)c4)cnc23)cc1NC. The maximum atomic E-state index is 4.55. The van der Waals surface area contributed by atoms with Crippen LogP contribution in [0.4, 0.5) is 21.5 Å². The molecule has 8 nitrogen and oxygen atoms in total. The van der Waals surface area contributed by atoms with Crippen LogP contribution in [0.2, 0.25) is 0 Å². The van der Waals surface area contributed by atoms with Crippen molar-refractivity contribution in [1.29, 1.82) is 0 Å². The van der Waals surface area contributed by atoms with Crippen LogP contribution in [0.15, 0.2) is 42.0 Å². The van der Waals surface area contributed by atoms with Crippen molar-refractivity contribution in [2.75, 3.05) is 17.7 Å². The monoisotopic (exact) mass is 366 g/mol. The van der Waals surface area contributed by atoms with Gasteiger partial charge in [-0.25, -0.2) is 15.0 Å². The van der Waals surface area contributed by atoms with Crippen molar-refractivity contribution in [3.05, 3.63) is 37.1 Å². The second-order valence-electron chi connectivity index (χ2n) is 5.61. The second kappa shape index (κ2) is 6.60. The summed E-state index contributed by atoms with van der Waals surface area (Å²) in [6, 6.07) is 2.02. The molecule has 4 aromatic heterocycles. The first-order valence-electron chi connectivity index (χ1n) is 8.08. The molecule has 0 amide bonds. The first-order chi connectivity index (χ1) is 12.7. The highest BCUT2D eigenvalue weighted by molar-refractivity contribution is 7.20. The molecule has 0 aliphatic heterocycles. The topological polar surface area (TPSA) is 84.4 Å². The fraction of sp³-hybridized carbons (Fsp3) is 0.176. The van der Waals surface area contributed by atoms with E-state index < -0.39 is 0 Å². The van der Waals surface area contributed by atoms with Crippen molar-refractivity contribution >= 4 is 44.7 Å². The van der Waals surface area contributed by atoms with E-state index in [2.05, 4.69) is 30.7 Å². The van der Waals surface area contributed by atoms with Gasteiger partial charge in [0.05, 0.1) is 28.8 Å². The van der Waals surface area contributed by atoms with Crippen molar-refractivity contribution in [3.8, 4) is 11.3 Å². The first-order valence-corrected chi connectivity index (χ1v) is 8.89. The smallest absolute Gasteiger partial charge is 0.180 e. The minimum atomic E-state index is 0.693. The molecule has 0 aliphatic rings. The number of aromatic nitrogens is 5. The minimum absolute atomic E-state index is 0.693. The maximum absolute atomic E-state index is 4.55. The molecule has 26 heavy (non-hydrogen) atoms. The number of aryl methyl sites for hydroxylation is 1. The molecule has 0 aromatic carbocycles. The zero-order valence-electron chi connectivity index (χ0n) is 14.6. The number of hydrogen-bond donors (Lipinski definition) is 2. The van der Waals surface area contributed by atoms with Crippen molar-refractivity contribution in [1.82, 2.24) is 24.1 Å². The lowest BCUT2D eigenvalue weighted by atomic mass is 10.3. The third-order valence-corrected chi connectivity index (χ3v) is 4.86. The fourth-order valence-electron chi connectivity index (χ4n) is 2.73. The molecular formula is C17H18N8S. The van der Waals surface area contributed by atoms with Crippen LogP contribution in [0.5, 0.6) is 0 Å². The van der Waals surface area contributed by atoms with E-state index in [0.29, 0.717) is 5.82 Å². The molecule has 0 radical (unpaired) electrons. The molecular weight excluding hydrogens is 348 g/mol. The number of imidazole rings is 1. The average molecular weight is 366 g/mol. The molecule has 0 saturated heterocycles. The molecule has 4 aromatic rings. The van der Waals surface area contributed by atoms with E-state index >= 15 is 0 Å². The predicted molar refractivity (Wildman–Crippen MR) is 106 cm³/mol. The minimum Gasteiger partial charge on any atom is -0.386 e.